The molecular weight excluding hydrogens is 491 g/mol. The zero-order chi connectivity index (χ0) is 27.2. The fourth-order valence-electron chi connectivity index (χ4n) is 4.74. The topological polar surface area (TPSA) is 77.2 Å². The van der Waals surface area contributed by atoms with Crippen LogP contribution in [0.25, 0.3) is 16.9 Å². The van der Waals surface area contributed by atoms with Crippen LogP contribution in [0.2, 0.25) is 0 Å². The molecule has 1 aliphatic heterocycles. The number of carbonyl (C=O) groups excluding carboxylic acids is 1. The molecule has 0 unspecified atom stereocenters. The second kappa shape index (κ2) is 11.9. The van der Waals surface area contributed by atoms with Crippen molar-refractivity contribution in [3.05, 3.63) is 102 Å². The van der Waals surface area contributed by atoms with Crippen molar-refractivity contribution >= 4 is 11.6 Å². The van der Waals surface area contributed by atoms with Gasteiger partial charge in [-0.05, 0) is 67.2 Å². The van der Waals surface area contributed by atoms with E-state index in [1.165, 1.54) is 17.8 Å². The maximum absolute atomic E-state index is 14.0. The number of aryl methyl sites for hydroxylation is 1. The molecule has 1 amide bonds. The Hall–Kier alpha value is -4.48. The number of nitriles is 1. The van der Waals surface area contributed by atoms with Crippen LogP contribution in [0.3, 0.4) is 0 Å². The molecule has 39 heavy (non-hydrogen) atoms. The van der Waals surface area contributed by atoms with Crippen LogP contribution in [0.4, 0.5) is 10.1 Å². The van der Waals surface area contributed by atoms with Crippen molar-refractivity contribution in [2.24, 2.45) is 0 Å². The normalized spacial score (nSPS) is 13.7. The lowest BCUT2D eigenvalue weighted by molar-refractivity contribution is -0.121. The van der Waals surface area contributed by atoms with Crippen molar-refractivity contribution in [1.29, 1.82) is 5.26 Å². The summed E-state index contributed by atoms with van der Waals surface area (Å²) >= 11 is 0. The van der Waals surface area contributed by atoms with Crippen LogP contribution in [0.15, 0.2) is 78.9 Å². The van der Waals surface area contributed by atoms with Gasteiger partial charge in [0.05, 0.1) is 28.7 Å². The molecule has 1 fully saturated rings. The average Bonchev–Trinajstić information content (AvgIpc) is 3.40. The molecule has 1 N–H and O–H groups in total. The highest BCUT2D eigenvalue weighted by Crippen LogP contribution is 2.26. The Morgan fingerprint density at radius 2 is 1.74 bits per heavy atom. The van der Waals surface area contributed by atoms with Gasteiger partial charge in [-0.3, -0.25) is 4.79 Å². The Balaban J connectivity index is 1.24. The Labute approximate surface area is 228 Å². The summed E-state index contributed by atoms with van der Waals surface area (Å²) in [4.78, 5) is 17.4. The highest BCUT2D eigenvalue weighted by Gasteiger charge is 2.16. The number of carbonyl (C=O) groups is 1. The number of nitrogens with one attached hydrogen (secondary N) is 1. The molecule has 0 saturated carbocycles. The van der Waals surface area contributed by atoms with E-state index >= 15 is 0 Å². The van der Waals surface area contributed by atoms with Crippen LogP contribution < -0.4 is 10.2 Å². The molecule has 7 nitrogen and oxygen atoms in total. The molecule has 0 bridgehead atoms. The summed E-state index contributed by atoms with van der Waals surface area (Å²) in [5, 5.41) is 16.9. The summed E-state index contributed by atoms with van der Waals surface area (Å²) in [6, 6.07) is 25.7. The Morgan fingerprint density at radius 3 is 2.49 bits per heavy atom. The fourth-order valence-corrected chi connectivity index (χ4v) is 4.74. The summed E-state index contributed by atoms with van der Waals surface area (Å²) < 4.78 is 15.7. The smallest absolute Gasteiger partial charge is 0.220 e. The number of aromatic nitrogens is 2. The van der Waals surface area contributed by atoms with Crippen LogP contribution in [0.1, 0.15) is 23.2 Å². The number of nitrogens with zero attached hydrogens (tertiary/aromatic N) is 5. The van der Waals surface area contributed by atoms with E-state index in [0.717, 1.165) is 48.8 Å². The van der Waals surface area contributed by atoms with Crippen LogP contribution in [0.5, 0.6) is 0 Å². The lowest BCUT2D eigenvalue weighted by atomic mass is 10.1. The van der Waals surface area contributed by atoms with Crippen LogP contribution in [0, 0.1) is 17.1 Å². The Kier molecular flexibility index (Phi) is 7.99. The van der Waals surface area contributed by atoms with E-state index in [4.69, 9.17) is 10.4 Å². The van der Waals surface area contributed by atoms with Crippen LogP contribution in [-0.2, 0) is 17.8 Å². The average molecular weight is 523 g/mol. The Bertz CT molecular complexity index is 1480. The van der Waals surface area contributed by atoms with E-state index in [1.54, 1.807) is 35.0 Å². The molecule has 4 aromatic rings. The van der Waals surface area contributed by atoms with E-state index in [-0.39, 0.29) is 18.1 Å². The predicted molar refractivity (Wildman–Crippen MR) is 150 cm³/mol. The van der Waals surface area contributed by atoms with Crippen LogP contribution in [-0.4, -0.2) is 53.8 Å². The molecule has 3 aromatic carbocycles. The van der Waals surface area contributed by atoms with E-state index in [2.05, 4.69) is 40.4 Å². The lowest BCUT2D eigenvalue weighted by Gasteiger charge is -2.34. The molecule has 0 aliphatic carbocycles. The molecule has 1 saturated heterocycles. The first-order chi connectivity index (χ1) is 19.0. The SMILES string of the molecule is CN1CCN(c2cccc(CNC(=O)CCc3cc(-c4cccc(F)c4)n(-c4ccc(C#N)cc4)n3)c2)CC1. The lowest BCUT2D eigenvalue weighted by Crippen LogP contribution is -2.44. The van der Waals surface area contributed by atoms with Gasteiger partial charge in [0, 0.05) is 56.8 Å². The molecule has 1 aliphatic rings. The number of benzene rings is 3. The van der Waals surface area contributed by atoms with Crippen LogP contribution >= 0.6 is 0 Å². The van der Waals surface area contributed by atoms with Crippen molar-refractivity contribution in [2.45, 2.75) is 19.4 Å². The van der Waals surface area contributed by atoms with Crippen molar-refractivity contribution in [3.63, 3.8) is 0 Å². The molecule has 5 rings (SSSR count). The van der Waals surface area contributed by atoms with Gasteiger partial charge in [0.15, 0.2) is 0 Å². The van der Waals surface area contributed by atoms with Gasteiger partial charge in [0.1, 0.15) is 5.82 Å². The summed E-state index contributed by atoms with van der Waals surface area (Å²) in [7, 11) is 2.14. The fraction of sp³-hybridized carbons (Fsp3) is 0.258. The number of halogens is 1. The number of rotatable bonds is 8. The molecular formula is C31H31FN6O. The predicted octanol–water partition coefficient (Wildman–Crippen LogP) is 4.55. The second-order valence-electron chi connectivity index (χ2n) is 9.84. The van der Waals surface area contributed by atoms with E-state index in [1.807, 2.05) is 24.3 Å². The summed E-state index contributed by atoms with van der Waals surface area (Å²) in [5.41, 5.74) is 5.68. The van der Waals surface area contributed by atoms with Gasteiger partial charge >= 0.3 is 0 Å². The number of likely N-dealkylation sites (N-methyl/N-ethyl adjacent to an activating group) is 1. The highest BCUT2D eigenvalue weighted by molar-refractivity contribution is 5.76. The third-order valence-corrected chi connectivity index (χ3v) is 7.00. The third kappa shape index (κ3) is 6.51. The summed E-state index contributed by atoms with van der Waals surface area (Å²) in [6.07, 6.45) is 0.726. The van der Waals surface area contributed by atoms with Crippen molar-refractivity contribution < 1.29 is 9.18 Å². The minimum Gasteiger partial charge on any atom is -0.369 e. The Morgan fingerprint density at radius 1 is 0.974 bits per heavy atom. The zero-order valence-electron chi connectivity index (χ0n) is 22.0. The van der Waals surface area contributed by atoms with Gasteiger partial charge in [-0.25, -0.2) is 9.07 Å². The van der Waals surface area contributed by atoms with E-state index in [9.17, 15) is 9.18 Å². The number of hydrogen-bond acceptors (Lipinski definition) is 5. The second-order valence-corrected chi connectivity index (χ2v) is 9.84. The van der Waals surface area contributed by atoms with Gasteiger partial charge in [-0.15, -0.1) is 0 Å². The first kappa shape index (κ1) is 26.1. The number of amides is 1. The van der Waals surface area contributed by atoms with Gasteiger partial charge in [-0.2, -0.15) is 10.4 Å². The van der Waals surface area contributed by atoms with E-state index in [0.29, 0.717) is 24.1 Å². The van der Waals surface area contributed by atoms with Gasteiger partial charge in [0.25, 0.3) is 0 Å². The van der Waals surface area contributed by atoms with Gasteiger partial charge in [0.2, 0.25) is 5.91 Å². The quantitative estimate of drug-likeness (QED) is 0.367. The standard InChI is InChI=1S/C31H31FN6O/c1-36-14-16-37(17-15-36)29-7-2-4-24(18-29)22-34-31(39)13-10-27-20-30(25-5-3-6-26(32)19-25)38(35-27)28-11-8-23(21-33)9-12-28/h2-9,11-12,18-20H,10,13-17,22H2,1H3,(H,34,39). The molecule has 8 heteroatoms. The summed E-state index contributed by atoms with van der Waals surface area (Å²) in [6.45, 7) is 4.55. The molecule has 198 valence electrons. The van der Waals surface area contributed by atoms with Gasteiger partial charge in [-0.1, -0.05) is 24.3 Å². The molecule has 0 radical (unpaired) electrons. The minimum absolute atomic E-state index is 0.0553. The monoisotopic (exact) mass is 522 g/mol. The maximum Gasteiger partial charge on any atom is 0.220 e. The minimum atomic E-state index is -0.335. The van der Waals surface area contributed by atoms with E-state index < -0.39 is 0 Å². The highest BCUT2D eigenvalue weighted by atomic mass is 19.1. The van der Waals surface area contributed by atoms with Crippen molar-refractivity contribution in [2.75, 3.05) is 38.1 Å². The molecule has 2 heterocycles. The molecule has 1 aromatic heterocycles. The largest absolute Gasteiger partial charge is 0.369 e. The zero-order valence-corrected chi connectivity index (χ0v) is 22.0. The maximum atomic E-state index is 14.0. The molecule has 0 spiro atoms. The first-order valence-corrected chi connectivity index (χ1v) is 13.1. The molecule has 0 atom stereocenters. The van der Waals surface area contributed by atoms with Crippen molar-refractivity contribution in [1.82, 2.24) is 20.0 Å². The van der Waals surface area contributed by atoms with Gasteiger partial charge < -0.3 is 15.1 Å². The third-order valence-electron chi connectivity index (χ3n) is 7.00. The van der Waals surface area contributed by atoms with Crippen molar-refractivity contribution in [3.8, 4) is 23.0 Å². The number of piperazine rings is 1. The first-order valence-electron chi connectivity index (χ1n) is 13.1. The number of hydrogen-bond donors (Lipinski definition) is 1. The number of anilines is 1. The summed E-state index contributed by atoms with van der Waals surface area (Å²) in [5.74, 6) is -0.391.